The summed E-state index contributed by atoms with van der Waals surface area (Å²) in [6.45, 7) is 11.3. The molecule has 0 saturated carbocycles. The van der Waals surface area contributed by atoms with Crippen LogP contribution in [0.15, 0.2) is 72.8 Å². The average molecular weight is 583 g/mol. The van der Waals surface area contributed by atoms with Crippen molar-refractivity contribution < 1.29 is 37.9 Å². The summed E-state index contributed by atoms with van der Waals surface area (Å²) in [5.74, 6) is 1.36. The van der Waals surface area contributed by atoms with Gasteiger partial charge in [0.1, 0.15) is 13.2 Å². The zero-order valence-corrected chi connectivity index (χ0v) is 25.1. The first kappa shape index (κ1) is 33.5. The predicted octanol–water partition coefficient (Wildman–Crippen LogP) is 5.56. The lowest BCUT2D eigenvalue weighted by Crippen LogP contribution is -2.14. The van der Waals surface area contributed by atoms with Gasteiger partial charge in [0.05, 0.1) is 79.3 Å². The number of ether oxygens (including phenoxy) is 8. The molecule has 8 nitrogen and oxygen atoms in total. The second-order valence-corrected chi connectivity index (χ2v) is 9.67. The highest BCUT2D eigenvalue weighted by molar-refractivity contribution is 5.39. The Morgan fingerprint density at radius 1 is 0.357 bits per heavy atom. The smallest absolute Gasteiger partial charge is 0.161 e. The number of rotatable bonds is 24. The lowest BCUT2D eigenvalue weighted by molar-refractivity contribution is 0.00460. The molecule has 0 saturated heterocycles. The zero-order chi connectivity index (χ0) is 29.5. The topological polar surface area (TPSA) is 73.8 Å². The normalized spacial score (nSPS) is 11.1. The summed E-state index contributed by atoms with van der Waals surface area (Å²) in [6, 6.07) is 24.3. The molecule has 230 valence electrons. The fraction of sp³-hybridized carbons (Fsp3) is 0.471. The lowest BCUT2D eigenvalue weighted by Gasteiger charge is -2.13. The molecule has 0 N–H and O–H groups in total. The summed E-state index contributed by atoms with van der Waals surface area (Å²) in [5.41, 5.74) is 4.82. The Morgan fingerprint density at radius 3 is 1.02 bits per heavy atom. The van der Waals surface area contributed by atoms with E-state index in [1.165, 1.54) is 11.1 Å². The van der Waals surface area contributed by atoms with Crippen molar-refractivity contribution in [3.63, 3.8) is 0 Å². The van der Waals surface area contributed by atoms with E-state index in [9.17, 15) is 0 Å². The summed E-state index contributed by atoms with van der Waals surface area (Å²) < 4.78 is 45.3. The molecule has 3 aromatic rings. The Bertz CT molecular complexity index is 985. The molecular weight excluding hydrogens is 536 g/mol. The van der Waals surface area contributed by atoms with Gasteiger partial charge in [0.15, 0.2) is 11.5 Å². The van der Waals surface area contributed by atoms with Gasteiger partial charge in [-0.1, -0.05) is 71.8 Å². The number of aryl methyl sites for hydroxylation is 2. The molecule has 0 spiro atoms. The molecular formula is C34H46O8. The quantitative estimate of drug-likeness (QED) is 0.127. The van der Waals surface area contributed by atoms with Gasteiger partial charge >= 0.3 is 0 Å². The minimum atomic E-state index is 0.419. The van der Waals surface area contributed by atoms with Crippen molar-refractivity contribution in [3.8, 4) is 11.5 Å². The first-order valence-corrected chi connectivity index (χ1v) is 14.6. The number of hydrogen-bond acceptors (Lipinski definition) is 8. The fourth-order valence-corrected chi connectivity index (χ4v) is 3.74. The predicted molar refractivity (Wildman–Crippen MR) is 162 cm³/mol. The molecule has 3 rings (SSSR count). The lowest BCUT2D eigenvalue weighted by atomic mass is 10.2. The van der Waals surface area contributed by atoms with Gasteiger partial charge in [0.2, 0.25) is 0 Å². The van der Waals surface area contributed by atoms with Crippen LogP contribution in [0.1, 0.15) is 22.3 Å². The SMILES string of the molecule is Cc1ccc(COCCOCCOCCOc2ccccc2OCCOCCOCCOCc2ccc(C)cc2)cc1. The second-order valence-electron chi connectivity index (χ2n) is 9.67. The van der Waals surface area contributed by atoms with E-state index in [1.54, 1.807) is 0 Å². The van der Waals surface area contributed by atoms with Crippen LogP contribution < -0.4 is 9.47 Å². The van der Waals surface area contributed by atoms with Crippen LogP contribution >= 0.6 is 0 Å². The van der Waals surface area contributed by atoms with E-state index in [-0.39, 0.29) is 0 Å². The molecule has 0 heterocycles. The van der Waals surface area contributed by atoms with Gasteiger partial charge in [-0.05, 0) is 37.1 Å². The van der Waals surface area contributed by atoms with Gasteiger partial charge in [0.25, 0.3) is 0 Å². The molecule has 0 unspecified atom stereocenters. The van der Waals surface area contributed by atoms with E-state index in [0.717, 1.165) is 11.1 Å². The van der Waals surface area contributed by atoms with Crippen molar-refractivity contribution in [2.75, 3.05) is 79.3 Å². The first-order valence-electron chi connectivity index (χ1n) is 14.6. The van der Waals surface area contributed by atoms with E-state index in [1.807, 2.05) is 24.3 Å². The maximum absolute atomic E-state index is 5.84. The second kappa shape index (κ2) is 21.7. The fourth-order valence-electron chi connectivity index (χ4n) is 3.74. The molecule has 0 radical (unpaired) electrons. The Balaban J connectivity index is 1.10. The van der Waals surface area contributed by atoms with E-state index in [2.05, 4.69) is 62.4 Å². The number of para-hydroxylation sites is 2. The van der Waals surface area contributed by atoms with Crippen LogP contribution in [0.2, 0.25) is 0 Å². The molecule has 42 heavy (non-hydrogen) atoms. The van der Waals surface area contributed by atoms with Gasteiger partial charge in [-0.15, -0.1) is 0 Å². The van der Waals surface area contributed by atoms with Gasteiger partial charge in [-0.3, -0.25) is 0 Å². The molecule has 0 amide bonds. The van der Waals surface area contributed by atoms with Crippen LogP contribution in [-0.4, -0.2) is 79.3 Å². The van der Waals surface area contributed by atoms with Crippen LogP contribution in [0.25, 0.3) is 0 Å². The van der Waals surface area contributed by atoms with Crippen molar-refractivity contribution >= 4 is 0 Å². The highest BCUT2D eigenvalue weighted by Crippen LogP contribution is 2.26. The van der Waals surface area contributed by atoms with Gasteiger partial charge in [0, 0.05) is 0 Å². The Labute approximate surface area is 250 Å². The standard InChI is InChI=1S/C34H46O8/c1-29-7-11-31(12-8-29)27-39-21-19-35-15-17-37-23-25-41-33-5-3-4-6-34(33)42-26-24-38-18-16-36-20-22-40-28-32-13-9-30(2)10-14-32/h3-14H,15-28H2,1-2H3. The molecule has 0 fully saturated rings. The summed E-state index contributed by atoms with van der Waals surface area (Å²) in [6.07, 6.45) is 0. The van der Waals surface area contributed by atoms with Gasteiger partial charge < -0.3 is 37.9 Å². The molecule has 0 aliphatic heterocycles. The third-order valence-electron chi connectivity index (χ3n) is 6.09. The van der Waals surface area contributed by atoms with Crippen LogP contribution in [0.3, 0.4) is 0 Å². The summed E-state index contributed by atoms with van der Waals surface area (Å²) >= 11 is 0. The maximum atomic E-state index is 5.84. The molecule has 0 bridgehead atoms. The van der Waals surface area contributed by atoms with E-state index < -0.39 is 0 Å². The Hall–Kier alpha value is -2.98. The van der Waals surface area contributed by atoms with Crippen LogP contribution in [0.4, 0.5) is 0 Å². The van der Waals surface area contributed by atoms with Crippen LogP contribution in [-0.2, 0) is 41.6 Å². The zero-order valence-electron chi connectivity index (χ0n) is 25.1. The summed E-state index contributed by atoms with van der Waals surface area (Å²) in [4.78, 5) is 0. The highest BCUT2D eigenvalue weighted by atomic mass is 16.6. The molecule has 0 aromatic heterocycles. The number of hydrogen-bond donors (Lipinski definition) is 0. The van der Waals surface area contributed by atoms with E-state index >= 15 is 0 Å². The Morgan fingerprint density at radius 2 is 0.667 bits per heavy atom. The van der Waals surface area contributed by atoms with Crippen molar-refractivity contribution in [2.24, 2.45) is 0 Å². The minimum Gasteiger partial charge on any atom is -0.487 e. The highest BCUT2D eigenvalue weighted by Gasteiger charge is 2.04. The maximum Gasteiger partial charge on any atom is 0.161 e. The summed E-state index contributed by atoms with van der Waals surface area (Å²) in [5, 5.41) is 0. The van der Waals surface area contributed by atoms with Gasteiger partial charge in [-0.25, -0.2) is 0 Å². The third-order valence-corrected chi connectivity index (χ3v) is 6.09. The van der Waals surface area contributed by atoms with Crippen molar-refractivity contribution in [1.29, 1.82) is 0 Å². The molecule has 8 heteroatoms. The van der Waals surface area contributed by atoms with E-state index in [0.29, 0.717) is 104 Å². The van der Waals surface area contributed by atoms with Crippen molar-refractivity contribution in [1.82, 2.24) is 0 Å². The molecule has 0 aliphatic rings. The van der Waals surface area contributed by atoms with Crippen LogP contribution in [0.5, 0.6) is 11.5 Å². The van der Waals surface area contributed by atoms with Crippen molar-refractivity contribution in [2.45, 2.75) is 27.1 Å². The summed E-state index contributed by atoms with van der Waals surface area (Å²) in [7, 11) is 0. The Kier molecular flexibility index (Phi) is 17.3. The molecule has 0 aliphatic carbocycles. The average Bonchev–Trinajstić information content (AvgIpc) is 3.01. The minimum absolute atomic E-state index is 0.419. The van der Waals surface area contributed by atoms with Gasteiger partial charge in [-0.2, -0.15) is 0 Å². The van der Waals surface area contributed by atoms with Crippen molar-refractivity contribution in [3.05, 3.63) is 95.1 Å². The first-order chi connectivity index (χ1) is 20.7. The number of benzene rings is 3. The monoisotopic (exact) mass is 582 g/mol. The molecule has 0 atom stereocenters. The molecule has 3 aromatic carbocycles. The third kappa shape index (κ3) is 15.3. The van der Waals surface area contributed by atoms with Crippen LogP contribution in [0, 0.1) is 13.8 Å². The largest absolute Gasteiger partial charge is 0.487 e. The van der Waals surface area contributed by atoms with E-state index in [4.69, 9.17) is 37.9 Å².